The van der Waals surface area contributed by atoms with Crippen LogP contribution in [0.1, 0.15) is 116 Å². The van der Waals surface area contributed by atoms with Crippen molar-refractivity contribution in [2.75, 3.05) is 13.2 Å². The van der Waals surface area contributed by atoms with Crippen molar-refractivity contribution in [1.82, 2.24) is 0 Å². The van der Waals surface area contributed by atoms with Gasteiger partial charge >= 0.3 is 0 Å². The largest absolute Gasteiger partial charge is 0.550 e. The SMILES string of the molecule is O=C([O-])CCCCCCCCCCOc1ccccc1OCCCCCCCCCCC(=O)[O-]. The molecule has 6 heteroatoms. The average Bonchev–Trinajstić information content (AvgIpc) is 2.81. The number of unbranched alkanes of at least 4 members (excludes halogenated alkanes) is 14. The maximum atomic E-state index is 10.4. The van der Waals surface area contributed by atoms with Gasteiger partial charge in [0.05, 0.1) is 13.2 Å². The Hall–Kier alpha value is -2.24. The standard InChI is InChI=1S/C28H46O6/c29-27(30)21-13-9-5-1-3-7-11-17-23-33-25-19-15-16-20-26(25)34-24-18-12-8-4-2-6-10-14-22-28(31)32/h15-16,19-20H,1-14,17-18,21-24H2,(H,29,30)(H,31,32)/p-2. The molecule has 194 valence electrons. The van der Waals surface area contributed by atoms with Crippen molar-refractivity contribution in [1.29, 1.82) is 0 Å². The molecule has 0 heterocycles. The van der Waals surface area contributed by atoms with E-state index >= 15 is 0 Å². The zero-order valence-electron chi connectivity index (χ0n) is 20.9. The second-order valence-electron chi connectivity index (χ2n) is 9.04. The first-order chi connectivity index (χ1) is 16.6. The van der Waals surface area contributed by atoms with Gasteiger partial charge in [0.15, 0.2) is 11.5 Å². The average molecular weight is 477 g/mol. The van der Waals surface area contributed by atoms with Gasteiger partial charge in [-0.2, -0.15) is 0 Å². The lowest BCUT2D eigenvalue weighted by Gasteiger charge is -2.12. The van der Waals surface area contributed by atoms with Crippen molar-refractivity contribution in [3.8, 4) is 11.5 Å². The van der Waals surface area contributed by atoms with E-state index in [1.54, 1.807) is 0 Å². The Kier molecular flexibility index (Phi) is 18.7. The predicted octanol–water partition coefficient (Wildman–Crippen LogP) is 4.97. The van der Waals surface area contributed by atoms with Crippen molar-refractivity contribution < 1.29 is 29.3 Å². The highest BCUT2D eigenvalue weighted by Crippen LogP contribution is 2.27. The number of ether oxygens (including phenoxy) is 2. The molecule has 0 fully saturated rings. The van der Waals surface area contributed by atoms with Gasteiger partial charge in [0.25, 0.3) is 0 Å². The second kappa shape index (κ2) is 21.3. The normalized spacial score (nSPS) is 10.8. The van der Waals surface area contributed by atoms with Crippen LogP contribution in [0.4, 0.5) is 0 Å². The number of hydrogen-bond donors (Lipinski definition) is 0. The third kappa shape index (κ3) is 18.2. The molecule has 0 aromatic heterocycles. The van der Waals surface area contributed by atoms with Gasteiger partial charge in [-0.25, -0.2) is 0 Å². The van der Waals surface area contributed by atoms with Crippen molar-refractivity contribution in [2.24, 2.45) is 0 Å². The monoisotopic (exact) mass is 476 g/mol. The van der Waals surface area contributed by atoms with Crippen molar-refractivity contribution in [2.45, 2.75) is 116 Å². The Morgan fingerprint density at radius 3 is 1.12 bits per heavy atom. The molecule has 0 N–H and O–H groups in total. The molecule has 0 unspecified atom stereocenters. The Labute approximate surface area is 206 Å². The summed E-state index contributed by atoms with van der Waals surface area (Å²) in [5, 5.41) is 20.7. The minimum atomic E-state index is -0.944. The number of hydrogen-bond acceptors (Lipinski definition) is 6. The molecule has 1 aromatic carbocycles. The summed E-state index contributed by atoms with van der Waals surface area (Å²) in [7, 11) is 0. The van der Waals surface area contributed by atoms with E-state index in [2.05, 4.69) is 0 Å². The first-order valence-electron chi connectivity index (χ1n) is 13.3. The first-order valence-corrected chi connectivity index (χ1v) is 13.3. The highest BCUT2D eigenvalue weighted by molar-refractivity contribution is 5.64. The van der Waals surface area contributed by atoms with Gasteiger partial charge < -0.3 is 29.3 Å². The molecule has 0 amide bonds. The van der Waals surface area contributed by atoms with Gasteiger partial charge in [0.1, 0.15) is 0 Å². The lowest BCUT2D eigenvalue weighted by molar-refractivity contribution is -0.307. The fourth-order valence-electron chi connectivity index (χ4n) is 3.92. The van der Waals surface area contributed by atoms with Crippen LogP contribution >= 0.6 is 0 Å². The van der Waals surface area contributed by atoms with Gasteiger partial charge in [0, 0.05) is 11.9 Å². The van der Waals surface area contributed by atoms with E-state index in [4.69, 9.17) is 9.47 Å². The van der Waals surface area contributed by atoms with Crippen LogP contribution in [-0.2, 0) is 9.59 Å². The van der Waals surface area contributed by atoms with Crippen LogP contribution in [0.25, 0.3) is 0 Å². The van der Waals surface area contributed by atoms with Crippen LogP contribution in [0, 0.1) is 0 Å². The summed E-state index contributed by atoms with van der Waals surface area (Å²) in [5.41, 5.74) is 0. The lowest BCUT2D eigenvalue weighted by atomic mass is 10.1. The Morgan fingerprint density at radius 1 is 0.500 bits per heavy atom. The van der Waals surface area contributed by atoms with Gasteiger partial charge in [-0.05, 0) is 50.7 Å². The second-order valence-corrected chi connectivity index (χ2v) is 9.04. The summed E-state index contributed by atoms with van der Waals surface area (Å²) in [5.74, 6) is -0.264. The Balaban J connectivity index is 1.99. The van der Waals surface area contributed by atoms with E-state index in [0.717, 1.165) is 88.5 Å². The highest BCUT2D eigenvalue weighted by atomic mass is 16.5. The van der Waals surface area contributed by atoms with E-state index in [1.807, 2.05) is 24.3 Å². The number of benzene rings is 1. The number of carbonyl (C=O) groups excluding carboxylic acids is 2. The fraction of sp³-hybridized carbons (Fsp3) is 0.714. The molecule has 0 saturated carbocycles. The highest BCUT2D eigenvalue weighted by Gasteiger charge is 2.04. The maximum absolute atomic E-state index is 10.4. The van der Waals surface area contributed by atoms with E-state index < -0.39 is 11.9 Å². The molecule has 34 heavy (non-hydrogen) atoms. The topological polar surface area (TPSA) is 98.7 Å². The summed E-state index contributed by atoms with van der Waals surface area (Å²) < 4.78 is 11.9. The Bertz CT molecular complexity index is 591. The summed E-state index contributed by atoms with van der Waals surface area (Å²) in [4.78, 5) is 20.7. The van der Waals surface area contributed by atoms with Crippen molar-refractivity contribution >= 4 is 11.9 Å². The van der Waals surface area contributed by atoms with Gasteiger partial charge in [-0.1, -0.05) is 89.2 Å². The molecule has 0 aliphatic rings. The fourth-order valence-corrected chi connectivity index (χ4v) is 3.92. The molecule has 0 bridgehead atoms. The quantitative estimate of drug-likeness (QED) is 0.195. The van der Waals surface area contributed by atoms with E-state index in [-0.39, 0.29) is 12.8 Å². The summed E-state index contributed by atoms with van der Waals surface area (Å²) >= 11 is 0. The molecule has 1 rings (SSSR count). The Morgan fingerprint density at radius 2 is 0.794 bits per heavy atom. The van der Waals surface area contributed by atoms with Crippen LogP contribution in [0.3, 0.4) is 0 Å². The molecular weight excluding hydrogens is 432 g/mol. The number of aliphatic carboxylic acids is 2. The zero-order chi connectivity index (χ0) is 24.7. The molecule has 0 aliphatic heterocycles. The third-order valence-electron chi connectivity index (χ3n) is 5.91. The third-order valence-corrected chi connectivity index (χ3v) is 5.91. The first kappa shape index (κ1) is 29.8. The zero-order valence-corrected chi connectivity index (χ0v) is 20.9. The van der Waals surface area contributed by atoms with Crippen LogP contribution in [0.5, 0.6) is 11.5 Å². The molecule has 1 aromatic rings. The lowest BCUT2D eigenvalue weighted by Crippen LogP contribution is -2.21. The van der Waals surface area contributed by atoms with Crippen LogP contribution in [0.2, 0.25) is 0 Å². The minimum absolute atomic E-state index is 0.180. The summed E-state index contributed by atoms with van der Waals surface area (Å²) in [6.45, 7) is 1.38. The molecule has 0 saturated heterocycles. The van der Waals surface area contributed by atoms with Gasteiger partial charge in [-0.15, -0.1) is 0 Å². The van der Waals surface area contributed by atoms with Crippen molar-refractivity contribution in [3.05, 3.63) is 24.3 Å². The molecule has 0 atom stereocenters. The number of carboxylic acids is 2. The van der Waals surface area contributed by atoms with Gasteiger partial charge in [-0.3, -0.25) is 0 Å². The molecule has 6 nitrogen and oxygen atoms in total. The smallest absolute Gasteiger partial charge is 0.161 e. The summed E-state index contributed by atoms with van der Waals surface area (Å²) in [6, 6.07) is 7.86. The number of carboxylic acid groups (broad SMARTS) is 2. The molecular formula is C28H44O6-2. The van der Waals surface area contributed by atoms with E-state index in [0.29, 0.717) is 13.2 Å². The predicted molar refractivity (Wildman–Crippen MR) is 131 cm³/mol. The molecule has 0 aliphatic carbocycles. The number of rotatable bonds is 24. The number of para-hydroxylation sites is 2. The summed E-state index contributed by atoms with van der Waals surface area (Å²) in [6.07, 6.45) is 17.3. The van der Waals surface area contributed by atoms with Crippen molar-refractivity contribution in [3.63, 3.8) is 0 Å². The maximum Gasteiger partial charge on any atom is 0.161 e. The van der Waals surface area contributed by atoms with Crippen LogP contribution in [0.15, 0.2) is 24.3 Å². The van der Waals surface area contributed by atoms with E-state index in [1.165, 1.54) is 25.7 Å². The van der Waals surface area contributed by atoms with Gasteiger partial charge in [0.2, 0.25) is 0 Å². The van der Waals surface area contributed by atoms with Crippen LogP contribution < -0.4 is 19.7 Å². The minimum Gasteiger partial charge on any atom is -0.550 e. The van der Waals surface area contributed by atoms with E-state index in [9.17, 15) is 19.8 Å². The molecule has 0 spiro atoms. The van der Waals surface area contributed by atoms with Crippen LogP contribution in [-0.4, -0.2) is 25.2 Å². The molecule has 0 radical (unpaired) electrons. The number of carbonyl (C=O) groups is 2.